The van der Waals surface area contributed by atoms with Crippen LogP contribution in [-0.2, 0) is 23.1 Å². The Morgan fingerprint density at radius 3 is 1.30 bits per heavy atom. The summed E-state index contributed by atoms with van der Waals surface area (Å²) in [6.45, 7) is 25.9. The normalized spacial score (nSPS) is 16.3. The summed E-state index contributed by atoms with van der Waals surface area (Å²) < 4.78 is 29.8. The molecule has 9 heteroatoms. The van der Waals surface area contributed by atoms with E-state index in [4.69, 9.17) is 23.1 Å². The molecule has 0 saturated carbocycles. The molecule has 0 heterocycles. The van der Waals surface area contributed by atoms with Gasteiger partial charge in [-0.15, -0.1) is 0 Å². The smallest absolute Gasteiger partial charge is 0.202 e. The van der Waals surface area contributed by atoms with Gasteiger partial charge in [0.2, 0.25) is 16.6 Å². The average molecular weight is 507 g/mol. The van der Waals surface area contributed by atoms with Crippen molar-refractivity contribution in [1.82, 2.24) is 0 Å². The van der Waals surface area contributed by atoms with Crippen LogP contribution >= 0.6 is 0 Å². The molecule has 0 saturated heterocycles. The third-order valence-electron chi connectivity index (χ3n) is 5.12. The molecule has 0 aromatic carbocycles. The molecule has 0 fully saturated rings. The Labute approximate surface area is 204 Å². The molecule has 0 radical (unpaired) electrons. The molecule has 196 valence electrons. The molecule has 0 spiro atoms. The van der Waals surface area contributed by atoms with Crippen LogP contribution in [0.15, 0.2) is 24.3 Å². The van der Waals surface area contributed by atoms with Gasteiger partial charge in [-0.3, -0.25) is 0 Å². The van der Waals surface area contributed by atoms with Crippen molar-refractivity contribution in [3.05, 3.63) is 24.3 Å². The molecular formula is C24H50O7Si2. The Morgan fingerprint density at radius 1 is 0.697 bits per heavy atom. The zero-order valence-electron chi connectivity index (χ0n) is 22.3. The molecule has 0 bridgehead atoms. The van der Waals surface area contributed by atoms with E-state index in [0.29, 0.717) is 13.2 Å². The van der Waals surface area contributed by atoms with Crippen LogP contribution in [0.3, 0.4) is 0 Å². The van der Waals surface area contributed by atoms with E-state index < -0.39 is 28.8 Å². The SMILES string of the molecule is C=C(C)COCC(O)COC(CC)[Si](C)(C)O[Si](C)(C)C(CC)OCC(O)COCC(=C)C. The Hall–Kier alpha value is -0.366. The molecule has 7 nitrogen and oxygen atoms in total. The second-order valence-corrected chi connectivity index (χ2v) is 18.5. The van der Waals surface area contributed by atoms with E-state index in [1.165, 1.54) is 0 Å². The molecule has 0 aromatic rings. The Balaban J connectivity index is 4.80. The number of ether oxygens (including phenoxy) is 4. The maximum Gasteiger partial charge on any atom is 0.202 e. The summed E-state index contributed by atoms with van der Waals surface area (Å²) >= 11 is 0. The van der Waals surface area contributed by atoms with Gasteiger partial charge in [-0.1, -0.05) is 38.2 Å². The predicted molar refractivity (Wildman–Crippen MR) is 139 cm³/mol. The Morgan fingerprint density at radius 2 is 1.03 bits per heavy atom. The van der Waals surface area contributed by atoms with Crippen LogP contribution in [0.25, 0.3) is 0 Å². The summed E-state index contributed by atoms with van der Waals surface area (Å²) in [7, 11) is -4.51. The molecule has 0 aliphatic rings. The minimum Gasteiger partial charge on any atom is -0.452 e. The highest BCUT2D eigenvalue weighted by Gasteiger charge is 2.43. The number of hydrogen-bond acceptors (Lipinski definition) is 7. The minimum absolute atomic E-state index is 0.0568. The Kier molecular flexibility index (Phi) is 16.2. The summed E-state index contributed by atoms with van der Waals surface area (Å²) in [5, 5.41) is 20.4. The lowest BCUT2D eigenvalue weighted by Gasteiger charge is -2.42. The molecule has 0 aliphatic carbocycles. The van der Waals surface area contributed by atoms with Gasteiger partial charge in [-0.25, -0.2) is 0 Å². The van der Waals surface area contributed by atoms with Crippen LogP contribution in [0, 0.1) is 0 Å². The van der Waals surface area contributed by atoms with Gasteiger partial charge in [0, 0.05) is 0 Å². The van der Waals surface area contributed by atoms with Crippen LogP contribution in [0.5, 0.6) is 0 Å². The monoisotopic (exact) mass is 506 g/mol. The zero-order valence-corrected chi connectivity index (χ0v) is 24.3. The van der Waals surface area contributed by atoms with Gasteiger partial charge >= 0.3 is 0 Å². The molecular weight excluding hydrogens is 456 g/mol. The minimum atomic E-state index is -2.26. The van der Waals surface area contributed by atoms with Crippen molar-refractivity contribution in [2.75, 3.05) is 39.6 Å². The molecule has 4 atom stereocenters. The number of hydrogen-bond donors (Lipinski definition) is 2. The Bertz CT molecular complexity index is 521. The van der Waals surface area contributed by atoms with Gasteiger partial charge in [0.1, 0.15) is 12.2 Å². The fraction of sp³-hybridized carbons (Fsp3) is 0.833. The molecule has 2 N–H and O–H groups in total. The lowest BCUT2D eigenvalue weighted by atomic mass is 10.4. The third kappa shape index (κ3) is 14.6. The highest BCUT2D eigenvalue weighted by atomic mass is 28.4. The first-order valence-corrected chi connectivity index (χ1v) is 18.0. The largest absolute Gasteiger partial charge is 0.452 e. The van der Waals surface area contributed by atoms with E-state index in [1.54, 1.807) is 0 Å². The van der Waals surface area contributed by atoms with Gasteiger partial charge in [0.25, 0.3) is 0 Å². The second kappa shape index (κ2) is 16.3. The first-order valence-electron chi connectivity index (χ1n) is 12.0. The van der Waals surface area contributed by atoms with Crippen molar-refractivity contribution < 1.29 is 33.3 Å². The highest BCUT2D eigenvalue weighted by molar-refractivity contribution is 6.86. The van der Waals surface area contributed by atoms with Gasteiger partial charge in [0.15, 0.2) is 0 Å². The van der Waals surface area contributed by atoms with Gasteiger partial charge < -0.3 is 33.3 Å². The summed E-state index contributed by atoms with van der Waals surface area (Å²) in [6, 6.07) is 0. The molecule has 4 unspecified atom stereocenters. The third-order valence-corrected chi connectivity index (χ3v) is 13.6. The number of aliphatic hydroxyl groups excluding tert-OH is 2. The van der Waals surface area contributed by atoms with E-state index in [-0.39, 0.29) is 37.9 Å². The van der Waals surface area contributed by atoms with Crippen molar-refractivity contribution >= 4 is 16.6 Å². The fourth-order valence-corrected chi connectivity index (χ4v) is 13.2. The van der Waals surface area contributed by atoms with Crippen LogP contribution in [0.4, 0.5) is 0 Å². The first kappa shape index (κ1) is 32.6. The van der Waals surface area contributed by atoms with Crippen LogP contribution in [0.2, 0.25) is 26.2 Å². The van der Waals surface area contributed by atoms with Crippen molar-refractivity contribution in [3.8, 4) is 0 Å². The second-order valence-electron chi connectivity index (χ2n) is 10.0. The van der Waals surface area contributed by atoms with Crippen LogP contribution in [0.1, 0.15) is 40.5 Å². The van der Waals surface area contributed by atoms with Crippen molar-refractivity contribution in [2.24, 2.45) is 0 Å². The van der Waals surface area contributed by atoms with Crippen molar-refractivity contribution in [3.63, 3.8) is 0 Å². The fourth-order valence-electron chi connectivity index (χ4n) is 3.72. The molecule has 33 heavy (non-hydrogen) atoms. The van der Waals surface area contributed by atoms with Gasteiger partial charge in [-0.2, -0.15) is 0 Å². The van der Waals surface area contributed by atoms with E-state index in [1.807, 2.05) is 13.8 Å². The molecule has 0 rings (SSSR count). The topological polar surface area (TPSA) is 86.6 Å². The predicted octanol–water partition coefficient (Wildman–Crippen LogP) is 3.99. The summed E-state index contributed by atoms with van der Waals surface area (Å²) in [5.41, 5.74) is 1.73. The molecule has 0 aromatic heterocycles. The zero-order chi connectivity index (χ0) is 25.7. The highest BCUT2D eigenvalue weighted by Crippen LogP contribution is 2.26. The van der Waals surface area contributed by atoms with Crippen LogP contribution < -0.4 is 0 Å². The first-order chi connectivity index (χ1) is 15.2. The van der Waals surface area contributed by atoms with Crippen molar-refractivity contribution in [2.45, 2.75) is 90.4 Å². The van der Waals surface area contributed by atoms with Gasteiger partial charge in [0.05, 0.1) is 51.1 Å². The standard InChI is InChI=1S/C24H50O7Si2/c1-11-23(29-17-21(25)15-27-13-19(3)4)32(7,8)31-33(9,10)24(12-2)30-18-22(26)16-28-14-20(5)6/h21-26H,3,5,11-18H2,1-2,4,6-10H3. The summed E-state index contributed by atoms with van der Waals surface area (Å²) in [5.74, 6) is 0. The maximum atomic E-state index is 10.2. The van der Waals surface area contributed by atoms with Crippen LogP contribution in [-0.4, -0.2) is 90.2 Å². The van der Waals surface area contributed by atoms with Gasteiger partial charge in [-0.05, 0) is 52.9 Å². The number of aliphatic hydroxyl groups is 2. The molecule has 0 aliphatic heterocycles. The lowest BCUT2D eigenvalue weighted by Crippen LogP contribution is -2.58. The van der Waals surface area contributed by atoms with E-state index in [0.717, 1.165) is 24.0 Å². The van der Waals surface area contributed by atoms with Crippen molar-refractivity contribution in [1.29, 1.82) is 0 Å². The maximum absolute atomic E-state index is 10.2. The molecule has 0 amide bonds. The quantitative estimate of drug-likeness (QED) is 0.191. The summed E-state index contributed by atoms with van der Waals surface area (Å²) in [6.07, 6.45) is 0.237. The summed E-state index contributed by atoms with van der Waals surface area (Å²) in [4.78, 5) is 0. The average Bonchev–Trinajstić information content (AvgIpc) is 2.66. The van der Waals surface area contributed by atoms with E-state index in [9.17, 15) is 10.2 Å². The lowest BCUT2D eigenvalue weighted by molar-refractivity contribution is -0.0308. The number of rotatable bonds is 20. The van der Waals surface area contributed by atoms with E-state index in [2.05, 4.69) is 53.2 Å². The van der Waals surface area contributed by atoms with E-state index >= 15 is 0 Å².